The van der Waals surface area contributed by atoms with Crippen LogP contribution >= 0.6 is 0 Å². The van der Waals surface area contributed by atoms with Gasteiger partial charge in [0.1, 0.15) is 0 Å². The van der Waals surface area contributed by atoms with Crippen LogP contribution in [0, 0.1) is 76.9 Å². The van der Waals surface area contributed by atoms with E-state index in [1.54, 1.807) is 11.1 Å². The molecule has 0 aromatic carbocycles. The Morgan fingerprint density at radius 3 is 1.77 bits per heavy atom. The van der Waals surface area contributed by atoms with Crippen molar-refractivity contribution in [1.82, 2.24) is 0 Å². The molecule has 11 aliphatic carbocycles. The second-order valence-electron chi connectivity index (χ2n) is 15.2. The highest BCUT2D eigenvalue weighted by Gasteiger charge is 2.44. The average Bonchev–Trinajstić information content (AvgIpc) is 3.88. The van der Waals surface area contributed by atoms with Gasteiger partial charge >= 0.3 is 0 Å². The highest BCUT2D eigenvalue weighted by Crippen LogP contribution is 2.52. The topological polar surface area (TPSA) is 0 Å². The molecule has 0 N–H and O–H groups in total. The minimum Gasteiger partial charge on any atom is -0.103 e. The summed E-state index contributed by atoms with van der Waals surface area (Å²) in [5, 5.41) is 0. The molecular formula is C43H54. The lowest BCUT2D eigenvalue weighted by molar-refractivity contribution is 0.398. The van der Waals surface area contributed by atoms with Crippen LogP contribution in [0.15, 0.2) is 121 Å². The fraction of sp³-hybridized carbons (Fsp3) is 0.535. The van der Waals surface area contributed by atoms with E-state index in [2.05, 4.69) is 124 Å². The van der Waals surface area contributed by atoms with Crippen molar-refractivity contribution in [3.05, 3.63) is 121 Å². The van der Waals surface area contributed by atoms with Crippen LogP contribution in [-0.4, -0.2) is 0 Å². The first kappa shape index (κ1) is 29.1. The predicted molar refractivity (Wildman–Crippen MR) is 184 cm³/mol. The van der Waals surface area contributed by atoms with E-state index >= 15 is 0 Å². The Morgan fingerprint density at radius 1 is 0.628 bits per heavy atom. The van der Waals surface area contributed by atoms with Crippen molar-refractivity contribution in [2.45, 2.75) is 65.2 Å². The monoisotopic (exact) mass is 570 g/mol. The Bertz CT molecular complexity index is 1270. The van der Waals surface area contributed by atoms with Crippen molar-refractivity contribution < 1.29 is 0 Å². The van der Waals surface area contributed by atoms with E-state index in [-0.39, 0.29) is 0 Å². The van der Waals surface area contributed by atoms with Gasteiger partial charge in [-0.05, 0) is 142 Å². The molecule has 11 rings (SSSR count). The number of hydrogen-bond donors (Lipinski definition) is 0. The molecule has 0 radical (unpaired) electrons. The van der Waals surface area contributed by atoms with Crippen LogP contribution in [0.4, 0.5) is 0 Å². The zero-order valence-electron chi connectivity index (χ0n) is 26.7. The van der Waals surface area contributed by atoms with E-state index in [1.807, 2.05) is 0 Å². The smallest absolute Gasteiger partial charge is 0.00170 e. The maximum atomic E-state index is 3.83. The minimum atomic E-state index is 0.806. The summed E-state index contributed by atoms with van der Waals surface area (Å²) in [6.45, 7) is 8.21. The summed E-state index contributed by atoms with van der Waals surface area (Å²) >= 11 is 0. The predicted octanol–water partition coefficient (Wildman–Crippen LogP) is 11.2. The average molecular weight is 571 g/mol. The third-order valence-corrected chi connectivity index (χ3v) is 12.5. The molecule has 0 amide bonds. The molecule has 11 atom stereocenters. The summed E-state index contributed by atoms with van der Waals surface area (Å²) in [5.74, 6) is 11.4. The second-order valence-corrected chi connectivity index (χ2v) is 15.2. The molecule has 226 valence electrons. The lowest BCUT2D eigenvalue weighted by atomic mass is 9.86. The molecule has 0 aromatic rings. The number of fused-ring (bicyclic) bond motifs is 13. The molecule has 0 spiro atoms. The molecule has 0 heteroatoms. The van der Waals surface area contributed by atoms with Gasteiger partial charge in [0.15, 0.2) is 0 Å². The summed E-state index contributed by atoms with van der Waals surface area (Å²) in [5.41, 5.74) is 3.25. The van der Waals surface area contributed by atoms with Crippen LogP contribution in [0.2, 0.25) is 0 Å². The Morgan fingerprint density at radius 2 is 1.35 bits per heavy atom. The molecule has 11 aliphatic rings. The highest BCUT2D eigenvalue weighted by molar-refractivity contribution is 5.28. The zero-order valence-corrected chi connectivity index (χ0v) is 26.7. The van der Waals surface area contributed by atoms with Crippen molar-refractivity contribution in [2.24, 2.45) is 76.9 Å². The number of hydrogen-bond acceptors (Lipinski definition) is 0. The van der Waals surface area contributed by atoms with Gasteiger partial charge in [-0.15, -0.1) is 6.58 Å². The summed E-state index contributed by atoms with van der Waals surface area (Å²) in [4.78, 5) is 0. The van der Waals surface area contributed by atoms with Crippen molar-refractivity contribution >= 4 is 0 Å². The van der Waals surface area contributed by atoms with Gasteiger partial charge in [-0.3, -0.25) is 0 Å². The van der Waals surface area contributed by atoms with Crippen LogP contribution in [-0.2, 0) is 0 Å². The normalized spacial score (nSPS) is 46.0. The Kier molecular flexibility index (Phi) is 8.66. The fourth-order valence-electron chi connectivity index (χ4n) is 10.0. The van der Waals surface area contributed by atoms with Gasteiger partial charge in [-0.25, -0.2) is 0 Å². The Balaban J connectivity index is 0.0000000877. The van der Waals surface area contributed by atoms with Crippen LogP contribution in [0.5, 0.6) is 0 Å². The summed E-state index contributed by atoms with van der Waals surface area (Å²) in [7, 11) is 0. The Hall–Kier alpha value is -2.60. The molecule has 0 aromatic heterocycles. The van der Waals surface area contributed by atoms with E-state index in [0.29, 0.717) is 0 Å². The molecule has 3 saturated carbocycles. The first-order valence-electron chi connectivity index (χ1n) is 17.8. The molecule has 0 nitrogen and oxygen atoms in total. The lowest BCUT2D eigenvalue weighted by Gasteiger charge is -2.18. The Labute approximate surface area is 262 Å². The minimum absolute atomic E-state index is 0.806. The number of allylic oxidation sites excluding steroid dienone is 19. The third-order valence-electron chi connectivity index (χ3n) is 12.5. The molecular weight excluding hydrogens is 516 g/mol. The second kappa shape index (κ2) is 12.8. The van der Waals surface area contributed by atoms with Gasteiger partial charge in [0.25, 0.3) is 0 Å². The molecule has 11 unspecified atom stereocenters. The van der Waals surface area contributed by atoms with Gasteiger partial charge in [-0.1, -0.05) is 114 Å². The van der Waals surface area contributed by atoms with Crippen molar-refractivity contribution in [3.8, 4) is 0 Å². The van der Waals surface area contributed by atoms with Gasteiger partial charge in [-0.2, -0.15) is 0 Å². The molecule has 43 heavy (non-hydrogen) atoms. The van der Waals surface area contributed by atoms with Gasteiger partial charge in [0.2, 0.25) is 0 Å². The first-order valence-corrected chi connectivity index (χ1v) is 17.8. The largest absolute Gasteiger partial charge is 0.103 e. The number of rotatable bonds is 1. The van der Waals surface area contributed by atoms with E-state index in [1.165, 1.54) is 51.4 Å². The van der Waals surface area contributed by atoms with Gasteiger partial charge in [0.05, 0.1) is 0 Å². The fourth-order valence-corrected chi connectivity index (χ4v) is 10.0. The molecule has 0 heterocycles. The summed E-state index contributed by atoms with van der Waals surface area (Å²) in [6.07, 6.45) is 50.8. The molecule has 10 bridgehead atoms. The maximum absolute atomic E-state index is 3.83. The zero-order chi connectivity index (χ0) is 29.3. The third kappa shape index (κ3) is 6.32. The van der Waals surface area contributed by atoms with E-state index < -0.39 is 0 Å². The van der Waals surface area contributed by atoms with Crippen LogP contribution in [0.25, 0.3) is 0 Å². The van der Waals surface area contributed by atoms with Crippen LogP contribution in [0.3, 0.4) is 0 Å². The van der Waals surface area contributed by atoms with E-state index in [4.69, 9.17) is 0 Å². The quantitative estimate of drug-likeness (QED) is 0.275. The molecule has 0 saturated heterocycles. The summed E-state index contributed by atoms with van der Waals surface area (Å²) < 4.78 is 0. The summed E-state index contributed by atoms with van der Waals surface area (Å²) in [6, 6.07) is 0. The van der Waals surface area contributed by atoms with Crippen molar-refractivity contribution in [1.29, 1.82) is 0 Å². The van der Waals surface area contributed by atoms with Crippen LogP contribution < -0.4 is 0 Å². The van der Waals surface area contributed by atoms with Crippen molar-refractivity contribution in [2.75, 3.05) is 0 Å². The van der Waals surface area contributed by atoms with E-state index in [9.17, 15) is 0 Å². The highest BCUT2D eigenvalue weighted by atomic mass is 14.5. The van der Waals surface area contributed by atoms with Gasteiger partial charge in [0, 0.05) is 0 Å². The standard InChI is InChI=1S/C10H12.2C9H12.C8H10.C7H8/c1-2-9-7-4-5-8(6-7)10(9)3-1;2*1-2-8-5-7-3-4-9(8)6-7;1-6-4-7-2-3-8(6)5-7;1-2-7-4-3-6(1)5-7/h1-2,4-5,7-10H,3,6H2;2-4,7,9H,5-6H2,1H3;2-4,7-9H,1,5-6H2;2-4,7-8H,5H2,1H3;1-4,6-7H,5H2/b;8-2+;;;. The molecule has 0 aliphatic heterocycles. The van der Waals surface area contributed by atoms with Gasteiger partial charge < -0.3 is 0 Å². The SMILES string of the molecule is C/C=C1\CC2C=CC1C2.C1=CC2C3C=CC(C3)C2C1.C1=CC2C=CC1C2.C=CC1CC2C=CC1C2.CC1=CC2C=CC1C2. The van der Waals surface area contributed by atoms with Crippen molar-refractivity contribution in [3.63, 3.8) is 0 Å². The first-order chi connectivity index (χ1) is 21.1. The van der Waals surface area contributed by atoms with Crippen LogP contribution in [0.1, 0.15) is 65.2 Å². The maximum Gasteiger partial charge on any atom is -0.00170 e. The lowest BCUT2D eigenvalue weighted by Crippen LogP contribution is -2.12. The molecule has 3 fully saturated rings. The van der Waals surface area contributed by atoms with E-state index in [0.717, 1.165) is 76.9 Å².